The summed E-state index contributed by atoms with van der Waals surface area (Å²) >= 11 is 0. The van der Waals surface area contributed by atoms with E-state index in [4.69, 9.17) is 18.9 Å². The molecule has 5 nitrogen and oxygen atoms in total. The molecule has 1 heterocycles. The number of ether oxygens (including phenoxy) is 4. The third-order valence-electron chi connectivity index (χ3n) is 5.29. The van der Waals surface area contributed by atoms with Crippen molar-refractivity contribution >= 4 is 5.78 Å². The number of ketones is 1. The molecule has 156 valence electrons. The maximum Gasteiger partial charge on any atom is 0.170 e. The minimum Gasteiger partial charge on any atom is -0.497 e. The van der Waals surface area contributed by atoms with Gasteiger partial charge in [-0.25, -0.2) is 0 Å². The summed E-state index contributed by atoms with van der Waals surface area (Å²) in [4.78, 5) is 13.3. The molecular weight excluding hydrogens is 368 g/mol. The van der Waals surface area contributed by atoms with Gasteiger partial charge in [-0.3, -0.25) is 4.79 Å². The van der Waals surface area contributed by atoms with Crippen molar-refractivity contribution in [2.24, 2.45) is 0 Å². The number of benzene rings is 2. The number of Topliss-reactive ketones (excluding diaryl/α,β-unsaturated/α-hetero) is 1. The van der Waals surface area contributed by atoms with E-state index in [0.29, 0.717) is 18.6 Å². The molecule has 5 heteroatoms. The third-order valence-corrected chi connectivity index (χ3v) is 5.29. The van der Waals surface area contributed by atoms with Gasteiger partial charge in [0.05, 0.1) is 14.2 Å². The van der Waals surface area contributed by atoms with Gasteiger partial charge in [0.15, 0.2) is 12.1 Å². The van der Waals surface area contributed by atoms with Crippen LogP contribution < -0.4 is 9.47 Å². The first-order chi connectivity index (χ1) is 14.2. The zero-order chi connectivity index (χ0) is 20.5. The second kappa shape index (κ2) is 11.0. The van der Waals surface area contributed by atoms with Gasteiger partial charge >= 0.3 is 0 Å². The maximum absolute atomic E-state index is 13.3. The normalized spacial score (nSPS) is 17.5. The molecule has 2 aromatic rings. The molecule has 0 bridgehead atoms. The van der Waals surface area contributed by atoms with Crippen LogP contribution in [0.25, 0.3) is 0 Å². The Labute approximate surface area is 172 Å². The van der Waals surface area contributed by atoms with Crippen LogP contribution in [0.2, 0.25) is 0 Å². The monoisotopic (exact) mass is 398 g/mol. The predicted octanol–water partition coefficient (Wildman–Crippen LogP) is 4.99. The summed E-state index contributed by atoms with van der Waals surface area (Å²) in [5, 5.41) is 0. The van der Waals surface area contributed by atoms with Crippen LogP contribution in [0.4, 0.5) is 0 Å². The summed E-state index contributed by atoms with van der Waals surface area (Å²) < 4.78 is 21.9. The lowest BCUT2D eigenvalue weighted by atomic mass is 9.87. The first-order valence-electron chi connectivity index (χ1n) is 10.3. The van der Waals surface area contributed by atoms with E-state index in [1.807, 2.05) is 48.5 Å². The zero-order valence-corrected chi connectivity index (χ0v) is 17.3. The second-order valence-corrected chi connectivity index (χ2v) is 7.23. The number of hydrogen-bond donors (Lipinski definition) is 0. The molecule has 2 aromatic carbocycles. The average Bonchev–Trinajstić information content (AvgIpc) is 2.79. The van der Waals surface area contributed by atoms with Crippen LogP contribution in [0.5, 0.6) is 11.5 Å². The van der Waals surface area contributed by atoms with Gasteiger partial charge in [0.1, 0.15) is 11.5 Å². The molecule has 0 saturated carbocycles. The van der Waals surface area contributed by atoms with Gasteiger partial charge in [-0.15, -0.1) is 0 Å². The molecule has 0 amide bonds. The van der Waals surface area contributed by atoms with Crippen molar-refractivity contribution in [1.82, 2.24) is 0 Å². The molecule has 3 rings (SSSR count). The highest BCUT2D eigenvalue weighted by Gasteiger charge is 2.22. The SMILES string of the molecule is COc1ccc(C(=O)C(CCCOC2CCCCO2)c2ccc(OC)cc2)cc1. The van der Waals surface area contributed by atoms with Crippen molar-refractivity contribution in [3.63, 3.8) is 0 Å². The van der Waals surface area contributed by atoms with Crippen molar-refractivity contribution in [3.05, 3.63) is 59.7 Å². The van der Waals surface area contributed by atoms with Crippen molar-refractivity contribution in [3.8, 4) is 11.5 Å². The first kappa shape index (κ1) is 21.3. The molecule has 29 heavy (non-hydrogen) atoms. The van der Waals surface area contributed by atoms with Gasteiger partial charge in [-0.1, -0.05) is 12.1 Å². The molecule has 2 unspecified atom stereocenters. The Balaban J connectivity index is 1.67. The average molecular weight is 398 g/mol. The Morgan fingerprint density at radius 3 is 2.24 bits per heavy atom. The van der Waals surface area contributed by atoms with Crippen LogP contribution in [-0.2, 0) is 9.47 Å². The van der Waals surface area contributed by atoms with Crippen molar-refractivity contribution in [2.45, 2.75) is 44.3 Å². The van der Waals surface area contributed by atoms with Crippen molar-refractivity contribution in [2.75, 3.05) is 27.4 Å². The van der Waals surface area contributed by atoms with E-state index in [2.05, 4.69) is 0 Å². The van der Waals surface area contributed by atoms with Gasteiger partial charge < -0.3 is 18.9 Å². The standard InChI is InChI=1S/C24H30O5/c1-26-20-12-8-18(9-13-20)22(6-5-17-29-23-7-3-4-16-28-23)24(25)19-10-14-21(27-2)15-11-19/h8-15,22-23H,3-7,16-17H2,1-2H3. The molecule has 0 N–H and O–H groups in total. The Morgan fingerprint density at radius 1 is 1.00 bits per heavy atom. The van der Waals surface area contributed by atoms with E-state index in [1.165, 1.54) is 0 Å². The Kier molecular flexibility index (Phi) is 8.08. The van der Waals surface area contributed by atoms with Gasteiger partial charge in [-0.05, 0) is 74.1 Å². The summed E-state index contributed by atoms with van der Waals surface area (Å²) in [6.45, 7) is 1.36. The highest BCUT2D eigenvalue weighted by Crippen LogP contribution is 2.28. The molecule has 1 aliphatic rings. The number of carbonyl (C=O) groups is 1. The van der Waals surface area contributed by atoms with Gasteiger partial charge in [0, 0.05) is 24.7 Å². The highest BCUT2D eigenvalue weighted by atomic mass is 16.7. The molecule has 1 saturated heterocycles. The Morgan fingerprint density at radius 2 is 1.66 bits per heavy atom. The van der Waals surface area contributed by atoms with Crippen LogP contribution in [-0.4, -0.2) is 39.5 Å². The molecule has 1 fully saturated rings. The topological polar surface area (TPSA) is 54.0 Å². The van der Waals surface area contributed by atoms with E-state index in [9.17, 15) is 4.79 Å². The Hall–Kier alpha value is -2.37. The largest absolute Gasteiger partial charge is 0.497 e. The molecule has 0 aliphatic carbocycles. The molecule has 0 radical (unpaired) electrons. The first-order valence-corrected chi connectivity index (χ1v) is 10.3. The molecular formula is C24H30O5. The number of hydrogen-bond acceptors (Lipinski definition) is 5. The van der Waals surface area contributed by atoms with E-state index in [0.717, 1.165) is 49.4 Å². The number of carbonyl (C=O) groups excluding carboxylic acids is 1. The fourth-order valence-electron chi connectivity index (χ4n) is 3.59. The second-order valence-electron chi connectivity index (χ2n) is 7.23. The van der Waals surface area contributed by atoms with Gasteiger partial charge in [-0.2, -0.15) is 0 Å². The van der Waals surface area contributed by atoms with Gasteiger partial charge in [0.2, 0.25) is 0 Å². The smallest absolute Gasteiger partial charge is 0.170 e. The molecule has 0 aromatic heterocycles. The lowest BCUT2D eigenvalue weighted by Gasteiger charge is -2.23. The highest BCUT2D eigenvalue weighted by molar-refractivity contribution is 6.01. The van der Waals surface area contributed by atoms with Gasteiger partial charge in [0.25, 0.3) is 0 Å². The summed E-state index contributed by atoms with van der Waals surface area (Å²) in [5.41, 5.74) is 1.67. The summed E-state index contributed by atoms with van der Waals surface area (Å²) in [5.74, 6) is 1.39. The predicted molar refractivity (Wildman–Crippen MR) is 112 cm³/mol. The number of rotatable bonds is 10. The summed E-state index contributed by atoms with van der Waals surface area (Å²) in [6, 6.07) is 15.0. The van der Waals surface area contributed by atoms with Crippen molar-refractivity contribution < 1.29 is 23.7 Å². The summed E-state index contributed by atoms with van der Waals surface area (Å²) in [7, 11) is 3.26. The fourth-order valence-corrected chi connectivity index (χ4v) is 3.59. The van der Waals surface area contributed by atoms with Crippen molar-refractivity contribution in [1.29, 1.82) is 0 Å². The third kappa shape index (κ3) is 6.05. The maximum atomic E-state index is 13.3. The minimum absolute atomic E-state index is 0.0968. The van der Waals surface area contributed by atoms with E-state index in [1.54, 1.807) is 14.2 Å². The van der Waals surface area contributed by atoms with E-state index < -0.39 is 0 Å². The quantitative estimate of drug-likeness (QED) is 0.417. The molecule has 1 aliphatic heterocycles. The summed E-state index contributed by atoms with van der Waals surface area (Å²) in [6.07, 6.45) is 4.61. The lowest BCUT2D eigenvalue weighted by molar-refractivity contribution is -0.162. The van der Waals surface area contributed by atoms with Crippen LogP contribution in [0.15, 0.2) is 48.5 Å². The van der Waals surface area contributed by atoms with Crippen LogP contribution >= 0.6 is 0 Å². The minimum atomic E-state index is -0.231. The lowest BCUT2D eigenvalue weighted by Crippen LogP contribution is -2.23. The molecule has 0 spiro atoms. The van der Waals surface area contributed by atoms with Crippen LogP contribution in [0.1, 0.15) is 53.9 Å². The molecule has 2 atom stereocenters. The van der Waals surface area contributed by atoms with Crippen LogP contribution in [0, 0.1) is 0 Å². The number of methoxy groups -OCH3 is 2. The Bertz CT molecular complexity index is 748. The van der Waals surface area contributed by atoms with E-state index >= 15 is 0 Å². The zero-order valence-electron chi connectivity index (χ0n) is 17.3. The fraction of sp³-hybridized carbons (Fsp3) is 0.458. The van der Waals surface area contributed by atoms with E-state index in [-0.39, 0.29) is 18.0 Å². The van der Waals surface area contributed by atoms with Crippen LogP contribution in [0.3, 0.4) is 0 Å².